The van der Waals surface area contributed by atoms with Gasteiger partial charge in [-0.25, -0.2) is 0 Å². The van der Waals surface area contributed by atoms with Gasteiger partial charge >= 0.3 is 0 Å². The quantitative estimate of drug-likeness (QED) is 0.769. The highest BCUT2D eigenvalue weighted by Gasteiger charge is 2.20. The summed E-state index contributed by atoms with van der Waals surface area (Å²) in [6.07, 6.45) is 2.36. The topological polar surface area (TPSA) is 74.0 Å². The van der Waals surface area contributed by atoms with E-state index >= 15 is 0 Å². The number of aromatic nitrogens is 1. The SMILES string of the molecule is CCNC(=O)C(Cc1c[nH]c2ccccc12)NC(C)=O. The van der Waals surface area contributed by atoms with Crippen LogP contribution in [0.3, 0.4) is 0 Å². The van der Waals surface area contributed by atoms with Gasteiger partial charge in [0.15, 0.2) is 0 Å². The van der Waals surface area contributed by atoms with Crippen LogP contribution in [0.2, 0.25) is 0 Å². The van der Waals surface area contributed by atoms with E-state index in [9.17, 15) is 9.59 Å². The Balaban J connectivity index is 2.22. The summed E-state index contributed by atoms with van der Waals surface area (Å²) in [5, 5.41) is 6.53. The summed E-state index contributed by atoms with van der Waals surface area (Å²) in [5.41, 5.74) is 2.05. The Morgan fingerprint density at radius 2 is 2.05 bits per heavy atom. The van der Waals surface area contributed by atoms with E-state index in [1.54, 1.807) is 0 Å². The Labute approximate surface area is 117 Å². The molecule has 0 saturated heterocycles. The molecule has 0 aliphatic rings. The van der Waals surface area contributed by atoms with Gasteiger partial charge in [-0.15, -0.1) is 0 Å². The zero-order valence-corrected chi connectivity index (χ0v) is 11.7. The normalized spacial score (nSPS) is 12.1. The fraction of sp³-hybridized carbons (Fsp3) is 0.333. The maximum absolute atomic E-state index is 12.0. The highest BCUT2D eigenvalue weighted by Crippen LogP contribution is 2.19. The molecule has 0 aliphatic carbocycles. The molecule has 106 valence electrons. The van der Waals surface area contributed by atoms with Gasteiger partial charge in [-0.3, -0.25) is 9.59 Å². The number of carbonyl (C=O) groups is 2. The molecule has 0 radical (unpaired) electrons. The van der Waals surface area contributed by atoms with Crippen LogP contribution >= 0.6 is 0 Å². The van der Waals surface area contributed by atoms with Crippen molar-refractivity contribution in [3.8, 4) is 0 Å². The Kier molecular flexibility index (Phi) is 4.40. The van der Waals surface area contributed by atoms with Crippen LogP contribution in [0, 0.1) is 0 Å². The summed E-state index contributed by atoms with van der Waals surface area (Å²) in [6, 6.07) is 7.35. The zero-order chi connectivity index (χ0) is 14.5. The smallest absolute Gasteiger partial charge is 0.242 e. The van der Waals surface area contributed by atoms with Crippen LogP contribution < -0.4 is 10.6 Å². The average Bonchev–Trinajstić information content (AvgIpc) is 2.81. The first kappa shape index (κ1) is 14.1. The summed E-state index contributed by atoms with van der Waals surface area (Å²) in [7, 11) is 0. The van der Waals surface area contributed by atoms with E-state index in [1.807, 2.05) is 37.4 Å². The summed E-state index contributed by atoms with van der Waals surface area (Å²) in [5.74, 6) is -0.367. The Morgan fingerprint density at radius 3 is 2.75 bits per heavy atom. The minimum absolute atomic E-state index is 0.159. The number of H-pyrrole nitrogens is 1. The fourth-order valence-electron chi connectivity index (χ4n) is 2.27. The van der Waals surface area contributed by atoms with Crippen molar-refractivity contribution in [3.63, 3.8) is 0 Å². The van der Waals surface area contributed by atoms with Crippen molar-refractivity contribution in [2.24, 2.45) is 0 Å². The Morgan fingerprint density at radius 1 is 1.30 bits per heavy atom. The van der Waals surface area contributed by atoms with Gasteiger partial charge in [-0.05, 0) is 18.6 Å². The molecule has 20 heavy (non-hydrogen) atoms. The first-order valence-electron chi connectivity index (χ1n) is 6.71. The number of rotatable bonds is 5. The van der Waals surface area contributed by atoms with Gasteiger partial charge < -0.3 is 15.6 Å². The lowest BCUT2D eigenvalue weighted by Gasteiger charge is -2.16. The van der Waals surface area contributed by atoms with Crippen LogP contribution in [0.4, 0.5) is 0 Å². The lowest BCUT2D eigenvalue weighted by molar-refractivity contribution is -0.128. The third-order valence-corrected chi connectivity index (χ3v) is 3.14. The van der Waals surface area contributed by atoms with Gasteiger partial charge in [0.2, 0.25) is 11.8 Å². The Bertz CT molecular complexity index is 618. The summed E-state index contributed by atoms with van der Waals surface area (Å²) in [6.45, 7) is 3.82. The van der Waals surface area contributed by atoms with Gasteiger partial charge in [0.25, 0.3) is 0 Å². The maximum Gasteiger partial charge on any atom is 0.242 e. The van der Waals surface area contributed by atoms with Crippen LogP contribution in [-0.4, -0.2) is 29.4 Å². The van der Waals surface area contributed by atoms with Gasteiger partial charge in [0, 0.05) is 37.0 Å². The number of hydrogen-bond donors (Lipinski definition) is 3. The summed E-state index contributed by atoms with van der Waals surface area (Å²) < 4.78 is 0. The van der Waals surface area contributed by atoms with E-state index < -0.39 is 6.04 Å². The standard InChI is InChI=1S/C15H19N3O2/c1-3-16-15(20)14(18-10(2)19)8-11-9-17-13-7-5-4-6-12(11)13/h4-7,9,14,17H,3,8H2,1-2H3,(H,16,20)(H,18,19). The van der Waals surface area contributed by atoms with Crippen molar-refractivity contribution >= 4 is 22.7 Å². The molecule has 0 aliphatic heterocycles. The number of para-hydroxylation sites is 1. The molecule has 2 aromatic rings. The predicted molar refractivity (Wildman–Crippen MR) is 78.3 cm³/mol. The van der Waals surface area contributed by atoms with E-state index in [1.165, 1.54) is 6.92 Å². The largest absolute Gasteiger partial charge is 0.361 e. The van der Waals surface area contributed by atoms with Crippen molar-refractivity contribution < 1.29 is 9.59 Å². The molecule has 1 atom stereocenters. The van der Waals surface area contributed by atoms with E-state index in [0.29, 0.717) is 13.0 Å². The molecule has 3 N–H and O–H groups in total. The van der Waals surface area contributed by atoms with Crippen LogP contribution in [0.25, 0.3) is 10.9 Å². The number of nitrogens with one attached hydrogen (secondary N) is 3. The molecular weight excluding hydrogens is 254 g/mol. The lowest BCUT2D eigenvalue weighted by atomic mass is 10.0. The molecular formula is C15H19N3O2. The number of carbonyl (C=O) groups excluding carboxylic acids is 2. The number of benzene rings is 1. The number of amides is 2. The van der Waals surface area contributed by atoms with Gasteiger partial charge in [-0.2, -0.15) is 0 Å². The average molecular weight is 273 g/mol. The first-order valence-corrected chi connectivity index (χ1v) is 6.71. The molecule has 1 aromatic heterocycles. The summed E-state index contributed by atoms with van der Waals surface area (Å²) in [4.78, 5) is 26.4. The van der Waals surface area contributed by atoms with Crippen molar-refractivity contribution in [1.29, 1.82) is 0 Å². The zero-order valence-electron chi connectivity index (χ0n) is 11.7. The van der Waals surface area contributed by atoms with Gasteiger partial charge in [0.05, 0.1) is 0 Å². The number of aromatic amines is 1. The molecule has 2 rings (SSSR count). The molecule has 1 aromatic carbocycles. The van der Waals surface area contributed by atoms with Crippen LogP contribution in [0.15, 0.2) is 30.5 Å². The van der Waals surface area contributed by atoms with E-state index in [4.69, 9.17) is 0 Å². The maximum atomic E-state index is 12.0. The van der Waals surface area contributed by atoms with Crippen molar-refractivity contribution in [2.45, 2.75) is 26.3 Å². The lowest BCUT2D eigenvalue weighted by Crippen LogP contribution is -2.47. The molecule has 0 bridgehead atoms. The molecule has 5 heteroatoms. The minimum Gasteiger partial charge on any atom is -0.361 e. The second kappa shape index (κ2) is 6.23. The van der Waals surface area contributed by atoms with E-state index in [-0.39, 0.29) is 11.8 Å². The fourth-order valence-corrected chi connectivity index (χ4v) is 2.27. The van der Waals surface area contributed by atoms with E-state index in [2.05, 4.69) is 15.6 Å². The number of hydrogen-bond acceptors (Lipinski definition) is 2. The molecule has 5 nitrogen and oxygen atoms in total. The van der Waals surface area contributed by atoms with Crippen LogP contribution in [0.5, 0.6) is 0 Å². The van der Waals surface area contributed by atoms with E-state index in [0.717, 1.165) is 16.5 Å². The highest BCUT2D eigenvalue weighted by atomic mass is 16.2. The molecule has 0 saturated carbocycles. The van der Waals surface area contributed by atoms with Crippen molar-refractivity contribution in [2.75, 3.05) is 6.54 Å². The third-order valence-electron chi connectivity index (χ3n) is 3.14. The molecule has 1 unspecified atom stereocenters. The molecule has 0 spiro atoms. The number of likely N-dealkylation sites (N-methyl/N-ethyl adjacent to an activating group) is 1. The van der Waals surface area contributed by atoms with Crippen LogP contribution in [-0.2, 0) is 16.0 Å². The molecule has 0 fully saturated rings. The highest BCUT2D eigenvalue weighted by molar-refractivity contribution is 5.89. The predicted octanol–water partition coefficient (Wildman–Crippen LogP) is 1.35. The van der Waals surface area contributed by atoms with Crippen molar-refractivity contribution in [1.82, 2.24) is 15.6 Å². The summed E-state index contributed by atoms with van der Waals surface area (Å²) >= 11 is 0. The minimum atomic E-state index is -0.549. The van der Waals surface area contributed by atoms with Gasteiger partial charge in [-0.1, -0.05) is 18.2 Å². The monoisotopic (exact) mass is 273 g/mol. The van der Waals surface area contributed by atoms with Crippen molar-refractivity contribution in [3.05, 3.63) is 36.0 Å². The molecule has 1 heterocycles. The first-order chi connectivity index (χ1) is 9.61. The second-order valence-electron chi connectivity index (χ2n) is 4.71. The van der Waals surface area contributed by atoms with Crippen LogP contribution in [0.1, 0.15) is 19.4 Å². The number of fused-ring (bicyclic) bond motifs is 1. The third kappa shape index (κ3) is 3.17. The second-order valence-corrected chi connectivity index (χ2v) is 4.71. The Hall–Kier alpha value is -2.30. The van der Waals surface area contributed by atoms with Gasteiger partial charge in [0.1, 0.15) is 6.04 Å². The molecule has 2 amide bonds.